The van der Waals surface area contributed by atoms with Gasteiger partial charge >= 0.3 is 5.97 Å². The lowest BCUT2D eigenvalue weighted by Crippen LogP contribution is -2.36. The summed E-state index contributed by atoms with van der Waals surface area (Å²) >= 11 is 3.26. The molecule has 7 heteroatoms. The number of carbonyl (C=O) groups excluding carboxylic acids is 1. The Balaban J connectivity index is 3.06. The number of hydrogen-bond donors (Lipinski definition) is 0. The SMILES string of the molecule is COC(=O)CCN(CC(C)C)S(=O)(=O)c1ccccc1Br. The van der Waals surface area contributed by atoms with Crippen LogP contribution in [-0.2, 0) is 19.6 Å². The van der Waals surface area contributed by atoms with Crippen molar-refractivity contribution in [3.05, 3.63) is 28.7 Å². The smallest absolute Gasteiger partial charge is 0.306 e. The number of carbonyl (C=O) groups is 1. The number of hydrogen-bond acceptors (Lipinski definition) is 4. The predicted molar refractivity (Wildman–Crippen MR) is 84.4 cm³/mol. The zero-order valence-electron chi connectivity index (χ0n) is 12.4. The molecule has 0 atom stereocenters. The summed E-state index contributed by atoms with van der Waals surface area (Å²) in [7, 11) is -2.36. The summed E-state index contributed by atoms with van der Waals surface area (Å²) in [5.41, 5.74) is 0. The minimum absolute atomic E-state index is 0.0346. The Morgan fingerprint density at radius 1 is 1.33 bits per heavy atom. The fourth-order valence-electron chi connectivity index (χ4n) is 1.83. The third kappa shape index (κ3) is 5.09. The third-order valence-electron chi connectivity index (χ3n) is 2.82. The number of nitrogens with zero attached hydrogens (tertiary/aromatic N) is 1. The molecular formula is C14H20BrNO4S. The van der Waals surface area contributed by atoms with Crippen LogP contribution in [0, 0.1) is 5.92 Å². The van der Waals surface area contributed by atoms with E-state index in [2.05, 4.69) is 20.7 Å². The number of halogens is 1. The molecule has 1 rings (SSSR count). The number of benzene rings is 1. The Morgan fingerprint density at radius 2 is 1.95 bits per heavy atom. The van der Waals surface area contributed by atoms with Crippen molar-refractivity contribution in [2.75, 3.05) is 20.2 Å². The van der Waals surface area contributed by atoms with Gasteiger partial charge in [0.1, 0.15) is 0 Å². The lowest BCUT2D eigenvalue weighted by molar-refractivity contribution is -0.140. The second-order valence-corrected chi connectivity index (χ2v) is 7.77. The highest BCUT2D eigenvalue weighted by atomic mass is 79.9. The standard InChI is InChI=1S/C14H20BrNO4S/c1-11(2)10-16(9-8-14(17)20-3)21(18,19)13-7-5-4-6-12(13)15/h4-7,11H,8-10H2,1-3H3. The van der Waals surface area contributed by atoms with Crippen molar-refractivity contribution in [1.82, 2.24) is 4.31 Å². The van der Waals surface area contributed by atoms with Crippen LogP contribution in [0.5, 0.6) is 0 Å². The van der Waals surface area contributed by atoms with Gasteiger partial charge < -0.3 is 4.74 Å². The minimum Gasteiger partial charge on any atom is -0.469 e. The van der Waals surface area contributed by atoms with E-state index in [1.165, 1.54) is 11.4 Å². The highest BCUT2D eigenvalue weighted by molar-refractivity contribution is 9.10. The minimum atomic E-state index is -3.65. The van der Waals surface area contributed by atoms with Crippen molar-refractivity contribution in [2.24, 2.45) is 5.92 Å². The molecule has 0 saturated heterocycles. The van der Waals surface area contributed by atoms with Gasteiger partial charge in [-0.3, -0.25) is 4.79 Å². The maximum absolute atomic E-state index is 12.7. The Kier molecular flexibility index (Phi) is 6.83. The Hall–Kier alpha value is -0.920. The van der Waals surface area contributed by atoms with E-state index < -0.39 is 16.0 Å². The highest BCUT2D eigenvalue weighted by Crippen LogP contribution is 2.25. The van der Waals surface area contributed by atoms with Crippen LogP contribution in [0.25, 0.3) is 0 Å². The molecule has 0 amide bonds. The van der Waals surface area contributed by atoms with Gasteiger partial charge in [-0.25, -0.2) is 8.42 Å². The summed E-state index contributed by atoms with van der Waals surface area (Å²) in [6.07, 6.45) is 0.0346. The predicted octanol–water partition coefficient (Wildman–Crippen LogP) is 2.66. The van der Waals surface area contributed by atoms with Crippen LogP contribution in [0.15, 0.2) is 33.6 Å². The fraction of sp³-hybridized carbons (Fsp3) is 0.500. The van der Waals surface area contributed by atoms with Crippen LogP contribution in [0.3, 0.4) is 0 Å². The monoisotopic (exact) mass is 377 g/mol. The molecule has 0 unspecified atom stereocenters. The first kappa shape index (κ1) is 18.1. The number of ether oxygens (including phenoxy) is 1. The first-order valence-corrected chi connectivity index (χ1v) is 8.83. The maximum atomic E-state index is 12.7. The molecule has 0 aliphatic rings. The van der Waals surface area contributed by atoms with E-state index in [0.29, 0.717) is 11.0 Å². The van der Waals surface area contributed by atoms with Crippen molar-refractivity contribution < 1.29 is 17.9 Å². The van der Waals surface area contributed by atoms with Crippen molar-refractivity contribution >= 4 is 31.9 Å². The van der Waals surface area contributed by atoms with E-state index in [1.54, 1.807) is 24.3 Å². The van der Waals surface area contributed by atoms with E-state index in [0.717, 1.165) is 0 Å². The number of esters is 1. The summed E-state index contributed by atoms with van der Waals surface area (Å²) in [5, 5.41) is 0. The Labute approximate surface area is 134 Å². The average Bonchev–Trinajstić information content (AvgIpc) is 2.42. The van der Waals surface area contributed by atoms with Gasteiger partial charge in [-0.1, -0.05) is 26.0 Å². The third-order valence-corrected chi connectivity index (χ3v) is 5.69. The fourth-order valence-corrected chi connectivity index (χ4v) is 4.40. The first-order chi connectivity index (χ1) is 9.78. The zero-order valence-corrected chi connectivity index (χ0v) is 14.8. The molecule has 0 aromatic heterocycles. The van der Waals surface area contributed by atoms with Crippen molar-refractivity contribution in [3.8, 4) is 0 Å². The van der Waals surface area contributed by atoms with E-state index >= 15 is 0 Å². The summed E-state index contributed by atoms with van der Waals surface area (Å²) < 4.78 is 31.9. The lowest BCUT2D eigenvalue weighted by atomic mass is 10.2. The summed E-state index contributed by atoms with van der Waals surface area (Å²) in [5.74, 6) is -0.272. The van der Waals surface area contributed by atoms with Gasteiger partial charge in [-0.2, -0.15) is 4.31 Å². The molecule has 0 N–H and O–H groups in total. The zero-order chi connectivity index (χ0) is 16.0. The van der Waals surface area contributed by atoms with Crippen LogP contribution < -0.4 is 0 Å². The van der Waals surface area contributed by atoms with E-state index in [4.69, 9.17) is 0 Å². The van der Waals surface area contributed by atoms with E-state index in [-0.39, 0.29) is 23.8 Å². The second kappa shape index (κ2) is 7.91. The second-order valence-electron chi connectivity index (χ2n) is 5.01. The molecule has 21 heavy (non-hydrogen) atoms. The largest absolute Gasteiger partial charge is 0.469 e. The van der Waals surface area contributed by atoms with Crippen LogP contribution in [0.1, 0.15) is 20.3 Å². The van der Waals surface area contributed by atoms with Gasteiger partial charge in [-0.15, -0.1) is 0 Å². The number of sulfonamides is 1. The maximum Gasteiger partial charge on any atom is 0.306 e. The number of rotatable bonds is 7. The van der Waals surface area contributed by atoms with Crippen LogP contribution in [0.2, 0.25) is 0 Å². The van der Waals surface area contributed by atoms with Crippen LogP contribution >= 0.6 is 15.9 Å². The molecule has 5 nitrogen and oxygen atoms in total. The van der Waals surface area contributed by atoms with Gasteiger partial charge in [0.2, 0.25) is 10.0 Å². The molecule has 118 valence electrons. The topological polar surface area (TPSA) is 63.7 Å². The first-order valence-electron chi connectivity index (χ1n) is 6.60. The van der Waals surface area contributed by atoms with Crippen LogP contribution in [-0.4, -0.2) is 38.9 Å². The Bertz CT molecular complexity index is 586. The highest BCUT2D eigenvalue weighted by Gasteiger charge is 2.27. The van der Waals surface area contributed by atoms with Gasteiger partial charge in [0.15, 0.2) is 0 Å². The molecule has 1 aromatic carbocycles. The van der Waals surface area contributed by atoms with Gasteiger partial charge in [0.05, 0.1) is 18.4 Å². The molecule has 0 fully saturated rings. The van der Waals surface area contributed by atoms with Crippen molar-refractivity contribution in [3.63, 3.8) is 0 Å². The molecular weight excluding hydrogens is 358 g/mol. The molecule has 0 spiro atoms. The molecule has 0 bridgehead atoms. The quantitative estimate of drug-likeness (QED) is 0.685. The average molecular weight is 378 g/mol. The molecule has 0 radical (unpaired) electrons. The van der Waals surface area contributed by atoms with Crippen LogP contribution in [0.4, 0.5) is 0 Å². The molecule has 0 aliphatic carbocycles. The van der Waals surface area contributed by atoms with Crippen molar-refractivity contribution in [2.45, 2.75) is 25.2 Å². The van der Waals surface area contributed by atoms with Gasteiger partial charge in [0.25, 0.3) is 0 Å². The summed E-state index contributed by atoms with van der Waals surface area (Å²) in [4.78, 5) is 11.5. The molecule has 0 aliphatic heterocycles. The molecule has 0 heterocycles. The normalized spacial score (nSPS) is 11.9. The van der Waals surface area contributed by atoms with Gasteiger partial charge in [-0.05, 0) is 34.0 Å². The lowest BCUT2D eigenvalue weighted by Gasteiger charge is -2.24. The van der Waals surface area contributed by atoms with E-state index in [1.807, 2.05) is 13.8 Å². The molecule has 0 saturated carbocycles. The van der Waals surface area contributed by atoms with E-state index in [9.17, 15) is 13.2 Å². The molecule has 1 aromatic rings. The van der Waals surface area contributed by atoms with Gasteiger partial charge in [0, 0.05) is 17.6 Å². The summed E-state index contributed by atoms with van der Waals surface area (Å²) in [6, 6.07) is 6.65. The Morgan fingerprint density at radius 3 is 2.48 bits per heavy atom. The summed E-state index contributed by atoms with van der Waals surface area (Å²) in [6.45, 7) is 4.32. The van der Waals surface area contributed by atoms with Crippen molar-refractivity contribution in [1.29, 1.82) is 0 Å². The number of methoxy groups -OCH3 is 1.